The number of pyridine rings is 1. The molecular weight excluding hydrogens is 286 g/mol. The summed E-state index contributed by atoms with van der Waals surface area (Å²) in [6.07, 6.45) is 4.15. The van der Waals surface area contributed by atoms with E-state index in [9.17, 15) is 0 Å². The minimum atomic E-state index is 0.519. The van der Waals surface area contributed by atoms with Crippen molar-refractivity contribution in [1.29, 1.82) is 0 Å². The van der Waals surface area contributed by atoms with Gasteiger partial charge in [-0.15, -0.1) is 0 Å². The lowest BCUT2D eigenvalue weighted by molar-refractivity contribution is 0.546. The molecule has 5 heteroatoms. The summed E-state index contributed by atoms with van der Waals surface area (Å²) >= 11 is 0. The Morgan fingerprint density at radius 2 is 2.17 bits per heavy atom. The molecule has 23 heavy (non-hydrogen) atoms. The zero-order valence-electron chi connectivity index (χ0n) is 14.4. The highest BCUT2D eigenvalue weighted by Crippen LogP contribution is 2.19. The van der Waals surface area contributed by atoms with Crippen LogP contribution >= 0.6 is 0 Å². The van der Waals surface area contributed by atoms with Crippen LogP contribution in [0.25, 0.3) is 0 Å². The standard InChI is InChI=1S/C18H27N5/c1-4-10-23-15(3)17(14(2)21-23)12-20-16-8-11-22(13-16)18-7-5-6-9-19-18/h5-7,9,16,20H,4,8,10-13H2,1-3H3. The number of nitrogens with one attached hydrogen (secondary N) is 1. The van der Waals surface area contributed by atoms with Gasteiger partial charge in [0, 0.05) is 49.7 Å². The van der Waals surface area contributed by atoms with Crippen molar-refractivity contribution in [2.45, 2.75) is 52.7 Å². The van der Waals surface area contributed by atoms with Gasteiger partial charge in [-0.2, -0.15) is 5.10 Å². The van der Waals surface area contributed by atoms with E-state index >= 15 is 0 Å². The molecule has 1 unspecified atom stereocenters. The molecule has 3 rings (SSSR count). The SMILES string of the molecule is CCCn1nc(C)c(CNC2CCN(c3ccccn3)C2)c1C. The largest absolute Gasteiger partial charge is 0.355 e. The highest BCUT2D eigenvalue weighted by molar-refractivity contribution is 5.39. The maximum atomic E-state index is 4.66. The van der Waals surface area contributed by atoms with Gasteiger partial charge < -0.3 is 10.2 Å². The first-order valence-corrected chi connectivity index (χ1v) is 8.61. The minimum Gasteiger partial charge on any atom is -0.355 e. The van der Waals surface area contributed by atoms with Crippen molar-refractivity contribution < 1.29 is 0 Å². The summed E-state index contributed by atoms with van der Waals surface area (Å²) in [6.45, 7) is 10.5. The van der Waals surface area contributed by atoms with E-state index in [2.05, 4.69) is 57.9 Å². The summed E-state index contributed by atoms with van der Waals surface area (Å²) in [6, 6.07) is 6.63. The average molecular weight is 313 g/mol. The van der Waals surface area contributed by atoms with Crippen molar-refractivity contribution in [1.82, 2.24) is 20.1 Å². The lowest BCUT2D eigenvalue weighted by Crippen LogP contribution is -2.32. The van der Waals surface area contributed by atoms with Gasteiger partial charge in [0.05, 0.1) is 5.69 Å². The molecule has 0 amide bonds. The van der Waals surface area contributed by atoms with E-state index in [1.807, 2.05) is 12.3 Å². The predicted octanol–water partition coefficient (Wildman–Crippen LogP) is 2.67. The first-order valence-electron chi connectivity index (χ1n) is 8.61. The van der Waals surface area contributed by atoms with Crippen LogP contribution in [0.2, 0.25) is 0 Å². The Bertz CT molecular complexity index is 634. The van der Waals surface area contributed by atoms with Crippen LogP contribution in [0.4, 0.5) is 5.82 Å². The number of rotatable bonds is 6. The van der Waals surface area contributed by atoms with Crippen LogP contribution in [-0.2, 0) is 13.1 Å². The van der Waals surface area contributed by atoms with E-state index in [-0.39, 0.29) is 0 Å². The fraction of sp³-hybridized carbons (Fsp3) is 0.556. The van der Waals surface area contributed by atoms with Crippen LogP contribution in [0.5, 0.6) is 0 Å². The van der Waals surface area contributed by atoms with E-state index in [4.69, 9.17) is 0 Å². The smallest absolute Gasteiger partial charge is 0.128 e. The van der Waals surface area contributed by atoms with E-state index in [0.717, 1.165) is 50.5 Å². The van der Waals surface area contributed by atoms with E-state index in [1.165, 1.54) is 11.3 Å². The molecular formula is C18H27N5. The minimum absolute atomic E-state index is 0.519. The molecule has 1 fully saturated rings. The Balaban J connectivity index is 1.58. The number of hydrogen-bond acceptors (Lipinski definition) is 4. The Hall–Kier alpha value is -1.88. The van der Waals surface area contributed by atoms with E-state index < -0.39 is 0 Å². The first kappa shape index (κ1) is 16.0. The summed E-state index contributed by atoms with van der Waals surface area (Å²) < 4.78 is 2.14. The van der Waals surface area contributed by atoms with Crippen molar-refractivity contribution in [3.63, 3.8) is 0 Å². The highest BCUT2D eigenvalue weighted by Gasteiger charge is 2.23. The molecule has 2 aromatic heterocycles. The molecule has 0 aliphatic carbocycles. The third-order valence-electron chi connectivity index (χ3n) is 4.70. The molecule has 1 saturated heterocycles. The van der Waals surface area contributed by atoms with Gasteiger partial charge in [0.1, 0.15) is 5.82 Å². The van der Waals surface area contributed by atoms with Gasteiger partial charge in [0.2, 0.25) is 0 Å². The summed E-state index contributed by atoms with van der Waals surface area (Å²) in [4.78, 5) is 6.81. The molecule has 0 aromatic carbocycles. The molecule has 1 aliphatic rings. The van der Waals surface area contributed by atoms with Crippen LogP contribution in [-0.4, -0.2) is 33.9 Å². The number of hydrogen-bond donors (Lipinski definition) is 1. The number of aromatic nitrogens is 3. The highest BCUT2D eigenvalue weighted by atomic mass is 15.3. The monoisotopic (exact) mass is 313 g/mol. The van der Waals surface area contributed by atoms with Gasteiger partial charge in [-0.3, -0.25) is 4.68 Å². The molecule has 2 aromatic rings. The molecule has 0 spiro atoms. The lowest BCUT2D eigenvalue weighted by Gasteiger charge is -2.17. The molecule has 1 N–H and O–H groups in total. The summed E-state index contributed by atoms with van der Waals surface area (Å²) in [5.74, 6) is 1.08. The Morgan fingerprint density at radius 1 is 1.30 bits per heavy atom. The van der Waals surface area contributed by atoms with E-state index in [0.29, 0.717) is 6.04 Å². The van der Waals surface area contributed by atoms with Crippen molar-refractivity contribution in [2.75, 3.05) is 18.0 Å². The Kier molecular flexibility index (Phi) is 4.96. The zero-order valence-corrected chi connectivity index (χ0v) is 14.4. The fourth-order valence-electron chi connectivity index (χ4n) is 3.34. The molecule has 0 radical (unpaired) electrons. The van der Waals surface area contributed by atoms with Gasteiger partial charge >= 0.3 is 0 Å². The van der Waals surface area contributed by atoms with Gasteiger partial charge in [0.25, 0.3) is 0 Å². The second kappa shape index (κ2) is 7.13. The summed E-state index contributed by atoms with van der Waals surface area (Å²) in [7, 11) is 0. The molecule has 124 valence electrons. The lowest BCUT2D eigenvalue weighted by atomic mass is 10.1. The summed E-state index contributed by atoms with van der Waals surface area (Å²) in [5.41, 5.74) is 3.81. The number of aryl methyl sites for hydroxylation is 2. The molecule has 3 heterocycles. The normalized spacial score (nSPS) is 17.9. The van der Waals surface area contributed by atoms with Crippen molar-refractivity contribution in [3.8, 4) is 0 Å². The van der Waals surface area contributed by atoms with Crippen LogP contribution in [0, 0.1) is 13.8 Å². The zero-order chi connectivity index (χ0) is 16.2. The van der Waals surface area contributed by atoms with Crippen molar-refractivity contribution in [2.24, 2.45) is 0 Å². The first-order chi connectivity index (χ1) is 11.2. The third-order valence-corrected chi connectivity index (χ3v) is 4.70. The molecule has 0 saturated carbocycles. The molecule has 1 aliphatic heterocycles. The fourth-order valence-corrected chi connectivity index (χ4v) is 3.34. The third kappa shape index (κ3) is 3.55. The van der Waals surface area contributed by atoms with Crippen LogP contribution in [0.1, 0.15) is 36.7 Å². The van der Waals surface area contributed by atoms with Gasteiger partial charge in [-0.25, -0.2) is 4.98 Å². The Labute approximate surface area is 138 Å². The molecule has 1 atom stereocenters. The second-order valence-electron chi connectivity index (χ2n) is 6.37. The van der Waals surface area contributed by atoms with Crippen LogP contribution in [0.15, 0.2) is 24.4 Å². The topological polar surface area (TPSA) is 46.0 Å². The molecule has 0 bridgehead atoms. The number of nitrogens with zero attached hydrogens (tertiary/aromatic N) is 4. The van der Waals surface area contributed by atoms with Gasteiger partial charge in [0.15, 0.2) is 0 Å². The molecule has 5 nitrogen and oxygen atoms in total. The maximum absolute atomic E-state index is 4.66. The summed E-state index contributed by atoms with van der Waals surface area (Å²) in [5, 5.41) is 8.38. The van der Waals surface area contributed by atoms with Gasteiger partial charge in [-0.05, 0) is 38.8 Å². The van der Waals surface area contributed by atoms with Gasteiger partial charge in [-0.1, -0.05) is 13.0 Å². The van der Waals surface area contributed by atoms with E-state index in [1.54, 1.807) is 0 Å². The van der Waals surface area contributed by atoms with Crippen LogP contribution in [0.3, 0.4) is 0 Å². The predicted molar refractivity (Wildman–Crippen MR) is 93.7 cm³/mol. The van der Waals surface area contributed by atoms with Crippen LogP contribution < -0.4 is 10.2 Å². The number of anilines is 1. The average Bonchev–Trinajstić information content (AvgIpc) is 3.13. The van der Waals surface area contributed by atoms with Crippen molar-refractivity contribution >= 4 is 5.82 Å². The Morgan fingerprint density at radius 3 is 2.91 bits per heavy atom. The maximum Gasteiger partial charge on any atom is 0.128 e. The second-order valence-corrected chi connectivity index (χ2v) is 6.37. The van der Waals surface area contributed by atoms with Crippen molar-refractivity contribution in [3.05, 3.63) is 41.3 Å². The quantitative estimate of drug-likeness (QED) is 0.890.